The van der Waals surface area contributed by atoms with Crippen LogP contribution in [0.1, 0.15) is 0 Å². The van der Waals surface area contributed by atoms with E-state index < -0.39 is 5.82 Å². The Balaban J connectivity index is 2.39. The molecule has 0 amide bonds. The average molecular weight is 259 g/mol. The van der Waals surface area contributed by atoms with E-state index in [1.807, 2.05) is 0 Å². The normalized spacial score (nSPS) is 11.1. The number of aryl methyl sites for hydroxylation is 1. The molecule has 0 atom stereocenters. The van der Waals surface area contributed by atoms with Crippen molar-refractivity contribution in [3.05, 3.63) is 48.0 Å². The Labute approximate surface area is 108 Å². The first-order valence-corrected chi connectivity index (χ1v) is 5.74. The molecule has 0 saturated carbocycles. The lowest BCUT2D eigenvalue weighted by Crippen LogP contribution is -1.92. The third-order valence-electron chi connectivity index (χ3n) is 3.08. The van der Waals surface area contributed by atoms with Crippen molar-refractivity contribution in [2.45, 2.75) is 0 Å². The monoisotopic (exact) mass is 259 g/mol. The van der Waals surface area contributed by atoms with Gasteiger partial charge in [0.05, 0.1) is 16.6 Å². The zero-order valence-electron chi connectivity index (χ0n) is 10.2. The van der Waals surface area contributed by atoms with E-state index in [4.69, 9.17) is 5.73 Å². The van der Waals surface area contributed by atoms with E-state index in [0.717, 1.165) is 0 Å². The Bertz CT molecular complexity index is 778. The van der Waals surface area contributed by atoms with E-state index >= 15 is 0 Å². The van der Waals surface area contributed by atoms with Gasteiger partial charge in [0.25, 0.3) is 0 Å². The van der Waals surface area contributed by atoms with Gasteiger partial charge in [0.15, 0.2) is 5.82 Å². The topological polar surface area (TPSA) is 43.8 Å². The molecule has 0 bridgehead atoms. The molecule has 3 aromatic rings. The van der Waals surface area contributed by atoms with Crippen molar-refractivity contribution in [3.8, 4) is 11.3 Å². The van der Waals surface area contributed by atoms with E-state index in [1.54, 1.807) is 29.9 Å². The number of benzene rings is 2. The lowest BCUT2D eigenvalue weighted by atomic mass is 10.1. The standard InChI is InChI=1S/C14H11F2N3/c1-19-11-6-5-10(17)13(16)12(11)14(18-19)8-3-2-4-9(15)7-8/h2-7H,17H2,1H3. The molecule has 2 N–H and O–H groups in total. The zero-order chi connectivity index (χ0) is 13.6. The van der Waals surface area contributed by atoms with Crippen molar-refractivity contribution < 1.29 is 8.78 Å². The van der Waals surface area contributed by atoms with Crippen LogP contribution >= 0.6 is 0 Å². The van der Waals surface area contributed by atoms with Crippen LogP contribution in [-0.2, 0) is 7.05 Å². The van der Waals surface area contributed by atoms with Crippen molar-refractivity contribution in [3.63, 3.8) is 0 Å². The van der Waals surface area contributed by atoms with E-state index in [-0.39, 0.29) is 11.5 Å². The van der Waals surface area contributed by atoms with Gasteiger partial charge in [-0.15, -0.1) is 0 Å². The van der Waals surface area contributed by atoms with E-state index in [9.17, 15) is 8.78 Å². The molecular weight excluding hydrogens is 248 g/mol. The summed E-state index contributed by atoms with van der Waals surface area (Å²) in [4.78, 5) is 0. The second kappa shape index (κ2) is 4.05. The minimum absolute atomic E-state index is 0.0538. The molecule has 0 radical (unpaired) electrons. The molecule has 0 aliphatic rings. The minimum atomic E-state index is -0.523. The molecule has 1 aromatic heterocycles. The highest BCUT2D eigenvalue weighted by Gasteiger charge is 2.16. The summed E-state index contributed by atoms with van der Waals surface area (Å²) < 4.78 is 29.0. The molecule has 2 aromatic carbocycles. The summed E-state index contributed by atoms with van der Waals surface area (Å²) in [5.41, 5.74) is 7.17. The fourth-order valence-electron chi connectivity index (χ4n) is 2.17. The van der Waals surface area contributed by atoms with Crippen LogP contribution in [0.5, 0.6) is 0 Å². The number of rotatable bonds is 1. The van der Waals surface area contributed by atoms with Crippen molar-refractivity contribution in [1.29, 1.82) is 0 Å². The second-order valence-electron chi connectivity index (χ2n) is 4.35. The summed E-state index contributed by atoms with van der Waals surface area (Å²) in [7, 11) is 1.71. The summed E-state index contributed by atoms with van der Waals surface area (Å²) in [6.45, 7) is 0. The zero-order valence-corrected chi connectivity index (χ0v) is 10.2. The number of nitrogens with zero attached hydrogens (tertiary/aromatic N) is 2. The van der Waals surface area contributed by atoms with Crippen LogP contribution in [0.3, 0.4) is 0 Å². The van der Waals surface area contributed by atoms with Crippen LogP contribution in [-0.4, -0.2) is 9.78 Å². The summed E-state index contributed by atoms with van der Waals surface area (Å²) >= 11 is 0. The molecule has 3 nitrogen and oxygen atoms in total. The number of anilines is 1. The fraction of sp³-hybridized carbons (Fsp3) is 0.0714. The van der Waals surface area contributed by atoms with Gasteiger partial charge >= 0.3 is 0 Å². The molecule has 3 rings (SSSR count). The summed E-state index contributed by atoms with van der Waals surface area (Å²) in [6, 6.07) is 9.10. The smallest absolute Gasteiger partial charge is 0.157 e. The molecular formula is C14H11F2N3. The number of hydrogen-bond donors (Lipinski definition) is 1. The predicted molar refractivity (Wildman–Crippen MR) is 70.5 cm³/mol. The van der Waals surface area contributed by atoms with Crippen molar-refractivity contribution in [1.82, 2.24) is 9.78 Å². The highest BCUT2D eigenvalue weighted by molar-refractivity contribution is 5.95. The van der Waals surface area contributed by atoms with Crippen LogP contribution in [0.2, 0.25) is 0 Å². The van der Waals surface area contributed by atoms with Gasteiger partial charge in [-0.1, -0.05) is 12.1 Å². The van der Waals surface area contributed by atoms with Gasteiger partial charge < -0.3 is 5.73 Å². The molecule has 19 heavy (non-hydrogen) atoms. The number of hydrogen-bond acceptors (Lipinski definition) is 2. The van der Waals surface area contributed by atoms with Crippen LogP contribution in [0.4, 0.5) is 14.5 Å². The molecule has 0 aliphatic heterocycles. The lowest BCUT2D eigenvalue weighted by molar-refractivity contribution is 0.628. The Morgan fingerprint density at radius 1 is 1.16 bits per heavy atom. The van der Waals surface area contributed by atoms with E-state index in [1.165, 1.54) is 18.2 Å². The van der Waals surface area contributed by atoms with E-state index in [2.05, 4.69) is 5.10 Å². The van der Waals surface area contributed by atoms with Crippen LogP contribution in [0, 0.1) is 11.6 Å². The summed E-state index contributed by atoms with van der Waals surface area (Å²) in [5, 5.41) is 4.57. The number of halogens is 2. The number of nitrogen functional groups attached to an aromatic ring is 1. The lowest BCUT2D eigenvalue weighted by Gasteiger charge is -2.01. The molecule has 96 valence electrons. The molecule has 0 spiro atoms. The average Bonchev–Trinajstić information content (AvgIpc) is 2.72. The van der Waals surface area contributed by atoms with Crippen LogP contribution in [0.25, 0.3) is 22.2 Å². The van der Waals surface area contributed by atoms with Gasteiger partial charge in [0, 0.05) is 12.6 Å². The quantitative estimate of drug-likeness (QED) is 0.682. The van der Waals surface area contributed by atoms with Crippen LogP contribution in [0.15, 0.2) is 36.4 Å². The number of fused-ring (bicyclic) bond motifs is 1. The number of aromatic nitrogens is 2. The Hall–Kier alpha value is -2.43. The fourth-order valence-corrected chi connectivity index (χ4v) is 2.17. The maximum absolute atomic E-state index is 14.2. The SMILES string of the molecule is Cn1nc(-c2cccc(F)c2)c2c(F)c(N)ccc21. The summed E-state index contributed by atoms with van der Waals surface area (Å²) in [6.07, 6.45) is 0. The van der Waals surface area contributed by atoms with Crippen molar-refractivity contribution in [2.24, 2.45) is 7.05 Å². The van der Waals surface area contributed by atoms with Gasteiger partial charge in [0.1, 0.15) is 11.5 Å². The van der Waals surface area contributed by atoms with Gasteiger partial charge in [-0.05, 0) is 24.3 Å². The molecule has 0 aliphatic carbocycles. The minimum Gasteiger partial charge on any atom is -0.396 e. The molecule has 0 fully saturated rings. The van der Waals surface area contributed by atoms with Gasteiger partial charge in [-0.25, -0.2) is 8.78 Å². The summed E-state index contributed by atoms with van der Waals surface area (Å²) in [5.74, 6) is -0.912. The Morgan fingerprint density at radius 2 is 1.95 bits per heavy atom. The molecule has 0 saturated heterocycles. The van der Waals surface area contributed by atoms with Crippen molar-refractivity contribution >= 4 is 16.6 Å². The van der Waals surface area contributed by atoms with E-state index in [0.29, 0.717) is 22.2 Å². The maximum Gasteiger partial charge on any atom is 0.157 e. The predicted octanol–water partition coefficient (Wildman–Crippen LogP) is 3.10. The highest BCUT2D eigenvalue weighted by Crippen LogP contribution is 2.32. The maximum atomic E-state index is 14.2. The largest absolute Gasteiger partial charge is 0.396 e. The van der Waals surface area contributed by atoms with Gasteiger partial charge in [-0.2, -0.15) is 5.10 Å². The molecule has 1 heterocycles. The molecule has 5 heteroatoms. The van der Waals surface area contributed by atoms with Crippen LogP contribution < -0.4 is 5.73 Å². The van der Waals surface area contributed by atoms with Crippen molar-refractivity contribution in [2.75, 3.05) is 5.73 Å². The van der Waals surface area contributed by atoms with Gasteiger partial charge in [0.2, 0.25) is 0 Å². The first-order valence-electron chi connectivity index (χ1n) is 5.74. The Morgan fingerprint density at radius 3 is 2.68 bits per heavy atom. The first kappa shape index (κ1) is 11.6. The third kappa shape index (κ3) is 1.74. The third-order valence-corrected chi connectivity index (χ3v) is 3.08. The second-order valence-corrected chi connectivity index (χ2v) is 4.35. The van der Waals surface area contributed by atoms with Gasteiger partial charge in [-0.3, -0.25) is 4.68 Å². The Kier molecular flexibility index (Phi) is 2.48. The molecule has 0 unspecified atom stereocenters. The highest BCUT2D eigenvalue weighted by atomic mass is 19.1. The first-order chi connectivity index (χ1) is 9.08. The number of nitrogens with two attached hydrogens (primary N) is 1.